The second-order valence-electron chi connectivity index (χ2n) is 6.03. The molecule has 134 valence electrons. The smallest absolute Gasteiger partial charge is 0.233 e. The standard InChI is InChI=1S/C16H20FN5O2S/c1-10-7-21(8-11(2)24-10)14(23)9-25-16-20-19-15(22(16)18)12-3-5-13(17)6-4-12/h3-6,10-11H,7-9,18H2,1-2H3/t10-,11-/m0/s1. The van der Waals surface area contributed by atoms with E-state index < -0.39 is 0 Å². The number of halogens is 1. The fourth-order valence-corrected chi connectivity index (χ4v) is 3.53. The lowest BCUT2D eigenvalue weighted by atomic mass is 10.2. The molecule has 1 aromatic carbocycles. The summed E-state index contributed by atoms with van der Waals surface area (Å²) in [5.74, 6) is 6.33. The molecule has 0 saturated carbocycles. The third kappa shape index (κ3) is 4.10. The number of benzene rings is 1. The number of carbonyl (C=O) groups is 1. The minimum atomic E-state index is -0.332. The van der Waals surface area contributed by atoms with E-state index in [1.165, 1.54) is 28.6 Å². The van der Waals surface area contributed by atoms with E-state index in [4.69, 9.17) is 10.6 Å². The number of nitrogens with zero attached hydrogens (tertiary/aromatic N) is 4. The number of nitrogens with two attached hydrogens (primary N) is 1. The van der Waals surface area contributed by atoms with E-state index in [-0.39, 0.29) is 29.7 Å². The lowest BCUT2D eigenvalue weighted by Gasteiger charge is -2.35. The van der Waals surface area contributed by atoms with E-state index in [1.807, 2.05) is 13.8 Å². The molecule has 25 heavy (non-hydrogen) atoms. The van der Waals surface area contributed by atoms with Crippen LogP contribution in [0.2, 0.25) is 0 Å². The highest BCUT2D eigenvalue weighted by atomic mass is 32.2. The number of morpholine rings is 1. The molecule has 1 aliphatic rings. The van der Waals surface area contributed by atoms with Gasteiger partial charge in [-0.05, 0) is 38.1 Å². The Kier molecular flexibility index (Phi) is 5.24. The molecule has 0 bridgehead atoms. The maximum Gasteiger partial charge on any atom is 0.233 e. The first-order valence-electron chi connectivity index (χ1n) is 7.96. The quantitative estimate of drug-likeness (QED) is 0.653. The van der Waals surface area contributed by atoms with Crippen LogP contribution in [0.25, 0.3) is 11.4 Å². The van der Waals surface area contributed by atoms with Gasteiger partial charge in [-0.3, -0.25) is 4.79 Å². The first-order valence-corrected chi connectivity index (χ1v) is 8.95. The van der Waals surface area contributed by atoms with Crippen molar-refractivity contribution >= 4 is 17.7 Å². The van der Waals surface area contributed by atoms with Crippen LogP contribution in [-0.4, -0.2) is 56.7 Å². The lowest BCUT2D eigenvalue weighted by Crippen LogP contribution is -2.48. The SMILES string of the molecule is C[C@H]1CN(C(=O)CSc2nnc(-c3ccc(F)cc3)n2N)C[C@H](C)O1. The Labute approximate surface area is 149 Å². The van der Waals surface area contributed by atoms with Crippen molar-refractivity contribution in [1.82, 2.24) is 19.8 Å². The van der Waals surface area contributed by atoms with Crippen LogP contribution in [0.1, 0.15) is 13.8 Å². The number of aromatic nitrogens is 3. The predicted molar refractivity (Wildman–Crippen MR) is 92.9 cm³/mol. The van der Waals surface area contributed by atoms with Crippen LogP contribution in [0.4, 0.5) is 4.39 Å². The monoisotopic (exact) mass is 365 g/mol. The molecule has 1 amide bonds. The van der Waals surface area contributed by atoms with Crippen molar-refractivity contribution in [3.63, 3.8) is 0 Å². The lowest BCUT2D eigenvalue weighted by molar-refractivity contribution is -0.140. The molecular formula is C16H20FN5O2S. The summed E-state index contributed by atoms with van der Waals surface area (Å²) in [5, 5.41) is 8.49. The van der Waals surface area contributed by atoms with Gasteiger partial charge in [-0.25, -0.2) is 9.07 Å². The van der Waals surface area contributed by atoms with E-state index in [1.54, 1.807) is 17.0 Å². The van der Waals surface area contributed by atoms with E-state index in [2.05, 4.69) is 10.2 Å². The summed E-state index contributed by atoms with van der Waals surface area (Å²) in [6.45, 7) is 5.07. The van der Waals surface area contributed by atoms with Crippen LogP contribution >= 0.6 is 11.8 Å². The Morgan fingerprint density at radius 3 is 2.56 bits per heavy atom. The molecule has 0 aliphatic carbocycles. The Morgan fingerprint density at radius 2 is 1.92 bits per heavy atom. The van der Waals surface area contributed by atoms with Crippen molar-refractivity contribution < 1.29 is 13.9 Å². The maximum absolute atomic E-state index is 13.0. The fourth-order valence-electron chi connectivity index (χ4n) is 2.77. The molecule has 2 atom stereocenters. The summed E-state index contributed by atoms with van der Waals surface area (Å²) in [6.07, 6.45) is 0.0573. The molecule has 9 heteroatoms. The summed E-state index contributed by atoms with van der Waals surface area (Å²) in [6, 6.07) is 5.83. The molecular weight excluding hydrogens is 345 g/mol. The summed E-state index contributed by atoms with van der Waals surface area (Å²) in [7, 11) is 0. The second kappa shape index (κ2) is 7.40. The van der Waals surface area contributed by atoms with Crippen LogP contribution in [0.15, 0.2) is 29.4 Å². The summed E-state index contributed by atoms with van der Waals surface area (Å²) >= 11 is 1.23. The van der Waals surface area contributed by atoms with Crippen LogP contribution in [0.3, 0.4) is 0 Å². The number of hydrogen-bond donors (Lipinski definition) is 1. The van der Waals surface area contributed by atoms with Gasteiger partial charge in [0.05, 0.1) is 18.0 Å². The van der Waals surface area contributed by atoms with Crippen LogP contribution < -0.4 is 5.84 Å². The molecule has 1 saturated heterocycles. The topological polar surface area (TPSA) is 86.3 Å². The maximum atomic E-state index is 13.0. The fraction of sp³-hybridized carbons (Fsp3) is 0.438. The second-order valence-corrected chi connectivity index (χ2v) is 6.97. The molecule has 0 unspecified atom stereocenters. The minimum absolute atomic E-state index is 0.0123. The third-order valence-electron chi connectivity index (χ3n) is 3.86. The van der Waals surface area contributed by atoms with E-state index in [0.29, 0.717) is 29.6 Å². The van der Waals surface area contributed by atoms with Gasteiger partial charge in [-0.2, -0.15) is 0 Å². The van der Waals surface area contributed by atoms with Gasteiger partial charge in [-0.15, -0.1) is 10.2 Å². The molecule has 2 heterocycles. The highest BCUT2D eigenvalue weighted by Crippen LogP contribution is 2.22. The van der Waals surface area contributed by atoms with Gasteiger partial charge in [0.25, 0.3) is 0 Å². The number of nitrogen functional groups attached to an aromatic ring is 1. The van der Waals surface area contributed by atoms with Crippen molar-refractivity contribution in [1.29, 1.82) is 0 Å². The van der Waals surface area contributed by atoms with Crippen molar-refractivity contribution in [3.05, 3.63) is 30.1 Å². The zero-order chi connectivity index (χ0) is 18.0. The number of ether oxygens (including phenoxy) is 1. The predicted octanol–water partition coefficient (Wildman–Crippen LogP) is 1.53. The van der Waals surface area contributed by atoms with Gasteiger partial charge in [0.2, 0.25) is 11.1 Å². The van der Waals surface area contributed by atoms with Crippen molar-refractivity contribution in [3.8, 4) is 11.4 Å². The Hall–Kier alpha value is -2.13. The Bertz CT molecular complexity index is 741. The van der Waals surface area contributed by atoms with Gasteiger partial charge in [0, 0.05) is 18.7 Å². The minimum Gasteiger partial charge on any atom is -0.372 e. The zero-order valence-electron chi connectivity index (χ0n) is 14.1. The Morgan fingerprint density at radius 1 is 1.28 bits per heavy atom. The van der Waals surface area contributed by atoms with Gasteiger partial charge in [0.15, 0.2) is 5.82 Å². The van der Waals surface area contributed by atoms with Crippen molar-refractivity contribution in [2.75, 3.05) is 24.7 Å². The zero-order valence-corrected chi connectivity index (χ0v) is 14.9. The van der Waals surface area contributed by atoms with E-state index in [0.717, 1.165) is 0 Å². The first-order chi connectivity index (χ1) is 11.9. The van der Waals surface area contributed by atoms with Crippen LogP contribution in [-0.2, 0) is 9.53 Å². The third-order valence-corrected chi connectivity index (χ3v) is 4.79. The molecule has 1 fully saturated rings. The highest BCUT2D eigenvalue weighted by Gasteiger charge is 2.26. The molecule has 2 N–H and O–H groups in total. The van der Waals surface area contributed by atoms with Gasteiger partial charge in [0.1, 0.15) is 5.82 Å². The van der Waals surface area contributed by atoms with Gasteiger partial charge in [-0.1, -0.05) is 11.8 Å². The molecule has 0 radical (unpaired) electrons. The number of hydrogen-bond acceptors (Lipinski definition) is 6. The molecule has 0 spiro atoms. The Balaban J connectivity index is 1.64. The molecule has 3 rings (SSSR count). The first kappa shape index (κ1) is 17.7. The van der Waals surface area contributed by atoms with Crippen molar-refractivity contribution in [2.45, 2.75) is 31.2 Å². The largest absolute Gasteiger partial charge is 0.372 e. The van der Waals surface area contributed by atoms with Gasteiger partial charge < -0.3 is 15.5 Å². The average molecular weight is 365 g/mol. The number of amides is 1. The number of rotatable bonds is 4. The molecule has 1 aromatic heterocycles. The van der Waals surface area contributed by atoms with E-state index >= 15 is 0 Å². The summed E-state index contributed by atoms with van der Waals surface area (Å²) in [5.41, 5.74) is 0.658. The van der Waals surface area contributed by atoms with Crippen molar-refractivity contribution in [2.24, 2.45) is 0 Å². The molecule has 2 aromatic rings. The van der Waals surface area contributed by atoms with Crippen LogP contribution in [0.5, 0.6) is 0 Å². The summed E-state index contributed by atoms with van der Waals surface area (Å²) < 4.78 is 20.0. The molecule has 7 nitrogen and oxygen atoms in total. The highest BCUT2D eigenvalue weighted by molar-refractivity contribution is 7.99. The van der Waals surface area contributed by atoms with Gasteiger partial charge >= 0.3 is 0 Å². The average Bonchev–Trinajstić information content (AvgIpc) is 2.93. The van der Waals surface area contributed by atoms with Crippen LogP contribution in [0, 0.1) is 5.82 Å². The normalized spacial score (nSPS) is 20.7. The number of carbonyl (C=O) groups excluding carboxylic acids is 1. The number of thioether (sulfide) groups is 1. The van der Waals surface area contributed by atoms with E-state index in [9.17, 15) is 9.18 Å². The molecule has 1 aliphatic heterocycles. The summed E-state index contributed by atoms with van der Waals surface area (Å²) in [4.78, 5) is 14.2.